The maximum atomic E-state index is 12.8. The van der Waals surface area contributed by atoms with Gasteiger partial charge < -0.3 is 4.74 Å². The van der Waals surface area contributed by atoms with E-state index < -0.39 is 21.8 Å². The molecule has 2 heterocycles. The van der Waals surface area contributed by atoms with Crippen molar-refractivity contribution in [3.05, 3.63) is 65.2 Å². The van der Waals surface area contributed by atoms with E-state index in [0.29, 0.717) is 19.6 Å². The molecular weight excluding hydrogens is 475 g/mol. The first-order valence-corrected chi connectivity index (χ1v) is 12.5. The van der Waals surface area contributed by atoms with Gasteiger partial charge in [-0.2, -0.15) is 17.5 Å². The third kappa shape index (κ3) is 5.21. The molecule has 2 aromatic carbocycles. The van der Waals surface area contributed by atoms with Crippen LogP contribution in [0.3, 0.4) is 0 Å². The highest BCUT2D eigenvalue weighted by Crippen LogP contribution is 2.33. The Labute approximate surface area is 194 Å². The van der Waals surface area contributed by atoms with E-state index in [2.05, 4.69) is 4.90 Å². The zero-order valence-corrected chi connectivity index (χ0v) is 19.4. The van der Waals surface area contributed by atoms with Crippen LogP contribution in [0.15, 0.2) is 58.8 Å². The van der Waals surface area contributed by atoms with Crippen molar-refractivity contribution in [1.82, 2.24) is 14.2 Å². The van der Waals surface area contributed by atoms with E-state index in [1.807, 2.05) is 29.6 Å². The second kappa shape index (κ2) is 9.41. The number of sulfonamides is 1. The lowest BCUT2D eigenvalue weighted by Crippen LogP contribution is -2.48. The number of hydrogen-bond donors (Lipinski definition) is 0. The highest BCUT2D eigenvalue weighted by molar-refractivity contribution is 7.89. The highest BCUT2D eigenvalue weighted by Gasteiger charge is 2.32. The number of para-hydroxylation sites is 1. The minimum Gasteiger partial charge on any atom is -0.496 e. The summed E-state index contributed by atoms with van der Waals surface area (Å²) < 4.78 is 70.6. The Morgan fingerprint density at radius 1 is 1.03 bits per heavy atom. The smallest absolute Gasteiger partial charge is 0.416 e. The molecule has 1 aliphatic rings. The number of alkyl halides is 3. The summed E-state index contributed by atoms with van der Waals surface area (Å²) in [6.07, 6.45) is -4.50. The topological polar surface area (TPSA) is 62.7 Å². The number of piperazine rings is 1. The van der Waals surface area contributed by atoms with Crippen molar-refractivity contribution in [2.75, 3.05) is 33.3 Å². The predicted octanol–water partition coefficient (Wildman–Crippen LogP) is 4.34. The van der Waals surface area contributed by atoms with Crippen LogP contribution in [-0.4, -0.2) is 55.9 Å². The first-order chi connectivity index (χ1) is 15.7. The van der Waals surface area contributed by atoms with Crippen molar-refractivity contribution in [2.24, 2.45) is 0 Å². The number of halogens is 3. The van der Waals surface area contributed by atoms with Gasteiger partial charge in [-0.05, 0) is 36.4 Å². The lowest BCUT2D eigenvalue weighted by atomic mass is 10.2. The molecule has 0 atom stereocenters. The first kappa shape index (κ1) is 23.7. The normalized spacial score (nSPS) is 16.1. The van der Waals surface area contributed by atoms with E-state index in [0.717, 1.165) is 46.3 Å². The fraction of sp³-hybridized carbons (Fsp3) is 0.318. The number of rotatable bonds is 6. The van der Waals surface area contributed by atoms with Crippen molar-refractivity contribution < 1.29 is 26.3 Å². The van der Waals surface area contributed by atoms with E-state index in [1.54, 1.807) is 7.11 Å². The van der Waals surface area contributed by atoms with Gasteiger partial charge in [0.1, 0.15) is 10.8 Å². The summed E-state index contributed by atoms with van der Waals surface area (Å²) in [5.41, 5.74) is 0.936. The van der Waals surface area contributed by atoms with Gasteiger partial charge in [0.05, 0.1) is 28.8 Å². The van der Waals surface area contributed by atoms with Crippen LogP contribution >= 0.6 is 11.3 Å². The van der Waals surface area contributed by atoms with Crippen LogP contribution in [0.4, 0.5) is 13.2 Å². The Morgan fingerprint density at radius 2 is 1.70 bits per heavy atom. The first-order valence-electron chi connectivity index (χ1n) is 10.2. The number of nitrogens with zero attached hydrogens (tertiary/aromatic N) is 3. The number of thiazole rings is 1. The Hall–Kier alpha value is -2.47. The summed E-state index contributed by atoms with van der Waals surface area (Å²) in [5.74, 6) is 0.750. The van der Waals surface area contributed by atoms with Crippen molar-refractivity contribution in [1.29, 1.82) is 0 Å². The van der Waals surface area contributed by atoms with Gasteiger partial charge >= 0.3 is 6.18 Å². The summed E-state index contributed by atoms with van der Waals surface area (Å²) >= 11 is 1.52. The van der Waals surface area contributed by atoms with Gasteiger partial charge in [-0.3, -0.25) is 4.90 Å². The third-order valence-corrected chi connectivity index (χ3v) is 8.26. The average Bonchev–Trinajstić information content (AvgIpc) is 3.27. The maximum absolute atomic E-state index is 12.8. The molecule has 1 fully saturated rings. The van der Waals surface area contributed by atoms with Crippen molar-refractivity contribution in [3.8, 4) is 16.3 Å². The molecule has 1 aliphatic heterocycles. The van der Waals surface area contributed by atoms with Gasteiger partial charge in [0.15, 0.2) is 0 Å². The van der Waals surface area contributed by atoms with Crippen molar-refractivity contribution in [2.45, 2.75) is 17.6 Å². The highest BCUT2D eigenvalue weighted by atomic mass is 32.2. The van der Waals surface area contributed by atoms with Crippen LogP contribution in [0, 0.1) is 0 Å². The van der Waals surface area contributed by atoms with Crippen molar-refractivity contribution >= 4 is 21.4 Å². The molecule has 6 nitrogen and oxygen atoms in total. The van der Waals surface area contributed by atoms with Crippen LogP contribution in [0.5, 0.6) is 5.75 Å². The summed E-state index contributed by atoms with van der Waals surface area (Å²) in [6, 6.07) is 11.3. The Bertz CT molecular complexity index is 1200. The third-order valence-electron chi connectivity index (χ3n) is 5.43. The average molecular weight is 498 g/mol. The molecule has 0 amide bonds. The molecule has 176 valence electrons. The van der Waals surface area contributed by atoms with Crippen LogP contribution in [-0.2, 0) is 22.7 Å². The predicted molar refractivity (Wildman–Crippen MR) is 120 cm³/mol. The Kier molecular flexibility index (Phi) is 6.76. The molecule has 4 rings (SSSR count). The molecule has 0 N–H and O–H groups in total. The van der Waals surface area contributed by atoms with E-state index in [-0.39, 0.29) is 18.0 Å². The second-order valence-corrected chi connectivity index (χ2v) is 10.3. The van der Waals surface area contributed by atoms with E-state index >= 15 is 0 Å². The molecular formula is C22H22F3N3O3S2. The van der Waals surface area contributed by atoms with Crippen LogP contribution < -0.4 is 4.74 Å². The molecule has 1 aromatic heterocycles. The van der Waals surface area contributed by atoms with Crippen molar-refractivity contribution in [3.63, 3.8) is 0 Å². The number of ether oxygens (including phenoxy) is 1. The lowest BCUT2D eigenvalue weighted by Gasteiger charge is -2.33. The number of hydrogen-bond acceptors (Lipinski definition) is 6. The molecule has 33 heavy (non-hydrogen) atoms. The molecule has 0 bridgehead atoms. The maximum Gasteiger partial charge on any atom is 0.416 e. The van der Waals surface area contributed by atoms with Crippen LogP contribution in [0.25, 0.3) is 10.6 Å². The summed E-state index contributed by atoms with van der Waals surface area (Å²) in [7, 11) is -2.23. The number of benzene rings is 2. The molecule has 0 aliphatic carbocycles. The minimum absolute atomic E-state index is 0.134. The summed E-state index contributed by atoms with van der Waals surface area (Å²) in [5, 5.41) is 2.83. The molecule has 3 aromatic rings. The minimum atomic E-state index is -4.50. The number of aromatic nitrogens is 1. The standard InChI is InChI=1S/C22H22F3N3O3S2/c1-31-20-5-3-2-4-19(20)21-26-17(15-32-21)14-27-10-12-28(13-11-27)33(29,30)18-8-6-16(7-9-18)22(23,24)25/h2-9,15H,10-14H2,1H3. The molecule has 0 unspecified atom stereocenters. The van der Waals surface area contributed by atoms with E-state index in [1.165, 1.54) is 15.6 Å². The zero-order valence-electron chi connectivity index (χ0n) is 17.7. The summed E-state index contributed by atoms with van der Waals surface area (Å²) in [6.45, 7) is 2.10. The zero-order chi connectivity index (χ0) is 23.6. The molecule has 0 saturated carbocycles. The largest absolute Gasteiger partial charge is 0.496 e. The van der Waals surface area contributed by atoms with Gasteiger partial charge in [-0.1, -0.05) is 12.1 Å². The molecule has 0 radical (unpaired) electrons. The Morgan fingerprint density at radius 3 is 2.33 bits per heavy atom. The monoisotopic (exact) mass is 497 g/mol. The molecule has 0 spiro atoms. The quantitative estimate of drug-likeness (QED) is 0.507. The number of methoxy groups -OCH3 is 1. The van der Waals surface area contributed by atoms with Gasteiger partial charge in [0, 0.05) is 38.1 Å². The fourth-order valence-electron chi connectivity index (χ4n) is 3.65. The second-order valence-electron chi connectivity index (χ2n) is 7.55. The lowest BCUT2D eigenvalue weighted by molar-refractivity contribution is -0.137. The van der Waals surface area contributed by atoms with E-state index in [4.69, 9.17) is 9.72 Å². The van der Waals surface area contributed by atoms with Crippen LogP contribution in [0.2, 0.25) is 0 Å². The molecule has 1 saturated heterocycles. The van der Waals surface area contributed by atoms with Crippen LogP contribution in [0.1, 0.15) is 11.3 Å². The summed E-state index contributed by atoms with van der Waals surface area (Å²) in [4.78, 5) is 6.68. The van der Waals surface area contributed by atoms with Gasteiger partial charge in [-0.25, -0.2) is 13.4 Å². The van der Waals surface area contributed by atoms with E-state index in [9.17, 15) is 21.6 Å². The SMILES string of the molecule is COc1ccccc1-c1nc(CN2CCN(S(=O)(=O)c3ccc(C(F)(F)F)cc3)CC2)cs1. The molecule has 11 heteroatoms. The van der Waals surface area contributed by atoms with Gasteiger partial charge in [-0.15, -0.1) is 11.3 Å². The van der Waals surface area contributed by atoms with Gasteiger partial charge in [0.25, 0.3) is 0 Å². The Balaban J connectivity index is 1.38. The van der Waals surface area contributed by atoms with Gasteiger partial charge in [0.2, 0.25) is 10.0 Å². The fourth-order valence-corrected chi connectivity index (χ4v) is 5.91.